The molecule has 0 fully saturated rings. The maximum Gasteiger partial charge on any atom is 0.152 e. The second kappa shape index (κ2) is 5.70. The Morgan fingerprint density at radius 1 is 1.25 bits per heavy atom. The van der Waals surface area contributed by atoms with E-state index >= 15 is 0 Å². The largest absolute Gasteiger partial charge is 0.505 e. The lowest BCUT2D eigenvalue weighted by Gasteiger charge is -2.18. The molecule has 0 saturated heterocycles. The van der Waals surface area contributed by atoms with E-state index in [2.05, 4.69) is 5.32 Å². The lowest BCUT2D eigenvalue weighted by Crippen LogP contribution is -2.29. The average Bonchev–Trinajstić information content (AvgIpc) is 2.24. The highest BCUT2D eigenvalue weighted by molar-refractivity contribution is 6.37. The van der Waals surface area contributed by atoms with Crippen molar-refractivity contribution in [3.63, 3.8) is 0 Å². The predicted octanol–water partition coefficient (Wildman–Crippen LogP) is 1.31. The summed E-state index contributed by atoms with van der Waals surface area (Å²) in [5, 5.41) is 31.5. The highest BCUT2D eigenvalue weighted by Crippen LogP contribution is 2.35. The summed E-state index contributed by atoms with van der Waals surface area (Å²) in [6.07, 6.45) is -2.08. The molecule has 0 saturated carbocycles. The summed E-state index contributed by atoms with van der Waals surface area (Å²) in [6.45, 7) is 0.233. The van der Waals surface area contributed by atoms with Gasteiger partial charge in [-0.05, 0) is 24.7 Å². The highest BCUT2D eigenvalue weighted by atomic mass is 35.5. The third kappa shape index (κ3) is 2.99. The lowest BCUT2D eigenvalue weighted by molar-refractivity contribution is 0.0202. The molecule has 16 heavy (non-hydrogen) atoms. The number of halogens is 2. The molecular weight excluding hydrogens is 253 g/mol. The van der Waals surface area contributed by atoms with E-state index in [1.807, 2.05) is 0 Å². The molecule has 0 aliphatic heterocycles. The van der Waals surface area contributed by atoms with Gasteiger partial charge in [-0.15, -0.1) is 0 Å². The Hall–Kier alpha value is -0.520. The van der Waals surface area contributed by atoms with Crippen LogP contribution in [0.3, 0.4) is 0 Å². The second-order valence-electron chi connectivity index (χ2n) is 3.40. The number of aliphatic hydroxyl groups is 2. The van der Waals surface area contributed by atoms with Crippen molar-refractivity contribution in [3.05, 3.63) is 27.7 Å². The number of hydrogen-bond acceptors (Lipinski definition) is 4. The van der Waals surface area contributed by atoms with E-state index in [9.17, 15) is 15.3 Å². The van der Waals surface area contributed by atoms with E-state index in [-0.39, 0.29) is 22.3 Å². The minimum Gasteiger partial charge on any atom is -0.505 e. The molecule has 1 rings (SSSR count). The number of nitrogens with one attached hydrogen (secondary N) is 1. The Bertz CT molecular complexity index is 350. The van der Waals surface area contributed by atoms with E-state index in [1.165, 1.54) is 12.1 Å². The Kier molecular flexibility index (Phi) is 4.83. The Balaban J connectivity index is 2.96. The zero-order valence-corrected chi connectivity index (χ0v) is 10.1. The first kappa shape index (κ1) is 13.5. The molecular formula is C10H13Cl2NO3. The topological polar surface area (TPSA) is 72.7 Å². The van der Waals surface area contributed by atoms with Crippen LogP contribution in [0, 0.1) is 0 Å². The van der Waals surface area contributed by atoms with Gasteiger partial charge in [-0.1, -0.05) is 23.2 Å². The minimum atomic E-state index is -1.11. The van der Waals surface area contributed by atoms with Gasteiger partial charge in [-0.25, -0.2) is 0 Å². The van der Waals surface area contributed by atoms with Crippen LogP contribution in [0.1, 0.15) is 11.7 Å². The Morgan fingerprint density at radius 2 is 1.75 bits per heavy atom. The fourth-order valence-electron chi connectivity index (χ4n) is 1.30. The first-order valence-electron chi connectivity index (χ1n) is 4.66. The zero-order chi connectivity index (χ0) is 12.3. The van der Waals surface area contributed by atoms with Gasteiger partial charge in [0.2, 0.25) is 0 Å². The van der Waals surface area contributed by atoms with Gasteiger partial charge in [-0.2, -0.15) is 0 Å². The van der Waals surface area contributed by atoms with Gasteiger partial charge in [0.15, 0.2) is 5.75 Å². The van der Waals surface area contributed by atoms with Crippen molar-refractivity contribution in [2.24, 2.45) is 0 Å². The quantitative estimate of drug-likeness (QED) is 0.663. The molecule has 1 aromatic carbocycles. The van der Waals surface area contributed by atoms with Crippen LogP contribution in [-0.4, -0.2) is 35.0 Å². The van der Waals surface area contributed by atoms with Crippen LogP contribution in [0.5, 0.6) is 5.75 Å². The first-order chi connectivity index (χ1) is 7.47. The van der Waals surface area contributed by atoms with Crippen LogP contribution in [0.4, 0.5) is 0 Å². The molecule has 0 radical (unpaired) electrons. The number of benzene rings is 1. The summed E-state index contributed by atoms with van der Waals surface area (Å²) in [6, 6.07) is 2.73. The third-order valence-electron chi connectivity index (χ3n) is 2.16. The Labute approximate surface area is 103 Å². The number of phenols is 1. The van der Waals surface area contributed by atoms with Crippen LogP contribution < -0.4 is 5.32 Å². The van der Waals surface area contributed by atoms with Crippen LogP contribution in [0.2, 0.25) is 10.0 Å². The maximum atomic E-state index is 9.77. The van der Waals surface area contributed by atoms with Crippen LogP contribution in [0.15, 0.2) is 12.1 Å². The molecule has 0 aliphatic rings. The van der Waals surface area contributed by atoms with Gasteiger partial charge in [0, 0.05) is 6.54 Å². The van der Waals surface area contributed by atoms with Gasteiger partial charge in [0.1, 0.15) is 6.10 Å². The first-order valence-corrected chi connectivity index (χ1v) is 5.41. The fourth-order valence-corrected chi connectivity index (χ4v) is 1.80. The van der Waals surface area contributed by atoms with Crippen molar-refractivity contribution in [3.8, 4) is 5.75 Å². The van der Waals surface area contributed by atoms with E-state index in [1.54, 1.807) is 7.05 Å². The SMILES string of the molecule is CNCC(O)C(O)c1cc(Cl)c(O)c(Cl)c1. The van der Waals surface area contributed by atoms with Crippen LogP contribution >= 0.6 is 23.2 Å². The van der Waals surface area contributed by atoms with Crippen molar-refractivity contribution >= 4 is 23.2 Å². The molecule has 0 aliphatic carbocycles. The standard InChI is InChI=1S/C10H13Cl2NO3/c1-13-4-8(14)9(15)5-2-6(11)10(16)7(12)3-5/h2-3,8-9,13-16H,4H2,1H3. The fraction of sp³-hybridized carbons (Fsp3) is 0.400. The molecule has 4 nitrogen and oxygen atoms in total. The van der Waals surface area contributed by atoms with Crippen molar-refractivity contribution < 1.29 is 15.3 Å². The number of aliphatic hydroxyl groups excluding tert-OH is 2. The summed E-state index contributed by atoms with van der Waals surface area (Å²) in [4.78, 5) is 0. The van der Waals surface area contributed by atoms with Crippen molar-refractivity contribution in [2.45, 2.75) is 12.2 Å². The molecule has 4 N–H and O–H groups in total. The monoisotopic (exact) mass is 265 g/mol. The highest BCUT2D eigenvalue weighted by Gasteiger charge is 2.19. The lowest BCUT2D eigenvalue weighted by atomic mass is 10.0. The molecule has 1 aromatic rings. The number of aromatic hydroxyl groups is 1. The third-order valence-corrected chi connectivity index (χ3v) is 2.73. The zero-order valence-electron chi connectivity index (χ0n) is 8.61. The van der Waals surface area contributed by atoms with E-state index in [4.69, 9.17) is 23.2 Å². The van der Waals surface area contributed by atoms with Crippen LogP contribution in [-0.2, 0) is 0 Å². The van der Waals surface area contributed by atoms with E-state index in [0.29, 0.717) is 5.56 Å². The van der Waals surface area contributed by atoms with Gasteiger partial charge >= 0.3 is 0 Å². The van der Waals surface area contributed by atoms with Crippen LogP contribution in [0.25, 0.3) is 0 Å². The summed E-state index contributed by atoms with van der Waals surface area (Å²) in [7, 11) is 1.66. The minimum absolute atomic E-state index is 0.0400. The number of hydrogen-bond donors (Lipinski definition) is 4. The smallest absolute Gasteiger partial charge is 0.152 e. The van der Waals surface area contributed by atoms with Crippen molar-refractivity contribution in [2.75, 3.05) is 13.6 Å². The Morgan fingerprint density at radius 3 is 2.19 bits per heavy atom. The second-order valence-corrected chi connectivity index (χ2v) is 4.22. The summed E-state index contributed by atoms with van der Waals surface area (Å²) < 4.78 is 0. The maximum absolute atomic E-state index is 9.77. The molecule has 6 heteroatoms. The van der Waals surface area contributed by atoms with E-state index in [0.717, 1.165) is 0 Å². The number of phenolic OH excluding ortho intramolecular Hbond substituents is 1. The molecule has 0 spiro atoms. The number of rotatable bonds is 4. The number of likely N-dealkylation sites (N-methyl/N-ethyl adjacent to an activating group) is 1. The molecule has 2 atom stereocenters. The summed E-state index contributed by atoms with van der Waals surface area (Å²) in [5.41, 5.74) is 0.357. The summed E-state index contributed by atoms with van der Waals surface area (Å²) >= 11 is 11.4. The van der Waals surface area contributed by atoms with Gasteiger partial charge in [0.05, 0.1) is 16.1 Å². The molecule has 0 amide bonds. The van der Waals surface area contributed by atoms with Crippen molar-refractivity contribution in [1.29, 1.82) is 0 Å². The molecule has 0 heterocycles. The van der Waals surface area contributed by atoms with Gasteiger partial charge < -0.3 is 20.6 Å². The van der Waals surface area contributed by atoms with Gasteiger partial charge in [0.25, 0.3) is 0 Å². The summed E-state index contributed by atoms with van der Waals surface area (Å²) in [5.74, 6) is -0.234. The average molecular weight is 266 g/mol. The molecule has 90 valence electrons. The normalized spacial score (nSPS) is 14.8. The van der Waals surface area contributed by atoms with Gasteiger partial charge in [-0.3, -0.25) is 0 Å². The molecule has 2 unspecified atom stereocenters. The molecule has 0 aromatic heterocycles. The predicted molar refractivity (Wildman–Crippen MR) is 63.0 cm³/mol. The van der Waals surface area contributed by atoms with E-state index < -0.39 is 12.2 Å². The van der Waals surface area contributed by atoms with Crippen molar-refractivity contribution in [1.82, 2.24) is 5.32 Å². The molecule has 0 bridgehead atoms.